The van der Waals surface area contributed by atoms with Gasteiger partial charge in [0.25, 0.3) is 0 Å². The molecule has 3 aliphatic carbocycles. The van der Waals surface area contributed by atoms with E-state index in [0.29, 0.717) is 23.2 Å². The smallest absolute Gasteiger partial charge is 0.240 e. The van der Waals surface area contributed by atoms with Crippen molar-refractivity contribution in [3.63, 3.8) is 0 Å². The van der Waals surface area contributed by atoms with Crippen LogP contribution < -0.4 is 10.0 Å². The van der Waals surface area contributed by atoms with E-state index in [4.69, 9.17) is 4.84 Å². The number of nitrogens with one attached hydrogen (secondary N) is 2. The number of sulfonamides is 1. The van der Waals surface area contributed by atoms with Crippen molar-refractivity contribution in [1.29, 1.82) is 0 Å². The highest BCUT2D eigenvalue weighted by molar-refractivity contribution is 7.89. The van der Waals surface area contributed by atoms with Gasteiger partial charge in [-0.05, 0) is 77.3 Å². The zero-order chi connectivity index (χ0) is 33.5. The van der Waals surface area contributed by atoms with Gasteiger partial charge in [-0.3, -0.25) is 9.63 Å². The maximum absolute atomic E-state index is 13.9. The van der Waals surface area contributed by atoms with E-state index in [-0.39, 0.29) is 36.5 Å². The van der Waals surface area contributed by atoms with Crippen molar-refractivity contribution in [2.24, 2.45) is 29.1 Å². The number of amides is 1. The molecule has 1 saturated heterocycles. The molecule has 3 aromatic rings. The lowest BCUT2D eigenvalue weighted by Crippen LogP contribution is -2.62. The van der Waals surface area contributed by atoms with Gasteiger partial charge in [0.05, 0.1) is 24.2 Å². The Balaban J connectivity index is 1.13. The number of fused-ring (bicyclic) bond motifs is 2. The first-order valence-electron chi connectivity index (χ1n) is 16.6. The number of rotatable bonds is 11. The van der Waals surface area contributed by atoms with E-state index in [2.05, 4.69) is 30.8 Å². The molecule has 0 radical (unpaired) electrons. The van der Waals surface area contributed by atoms with Crippen molar-refractivity contribution in [2.75, 3.05) is 6.61 Å². The fraction of sp³-hybridized carbons (Fsp3) is 0.486. The van der Waals surface area contributed by atoms with Crippen LogP contribution in [-0.2, 0) is 32.7 Å². The zero-order valence-electron chi connectivity index (χ0n) is 27.5. The third kappa shape index (κ3) is 6.77. The number of carbonyl (C=O) groups excluding carboxylic acids is 1. The first-order chi connectivity index (χ1) is 22.4. The van der Waals surface area contributed by atoms with Crippen LogP contribution in [0.1, 0.15) is 51.7 Å². The molecule has 4 N–H and O–H groups in total. The summed E-state index contributed by atoms with van der Waals surface area (Å²) >= 11 is 0. The first kappa shape index (κ1) is 33.8. The van der Waals surface area contributed by atoms with Gasteiger partial charge in [-0.1, -0.05) is 87.5 Å². The minimum absolute atomic E-state index is 0.0508. The second-order valence-corrected chi connectivity index (χ2v) is 16.0. The Hall–Kier alpha value is -3.12. The summed E-state index contributed by atoms with van der Waals surface area (Å²) < 4.78 is 28.9. The minimum Gasteiger partial charge on any atom is -0.394 e. The molecule has 10 heteroatoms. The van der Waals surface area contributed by atoms with Crippen molar-refractivity contribution in [3.05, 3.63) is 90.0 Å². The molecule has 2 bridgehead atoms. The van der Waals surface area contributed by atoms with E-state index in [0.717, 1.165) is 28.7 Å². The molecule has 47 heavy (non-hydrogen) atoms. The summed E-state index contributed by atoms with van der Waals surface area (Å²) in [6.07, 6.45) is 0.522. The number of benzene rings is 3. The van der Waals surface area contributed by atoms with Crippen LogP contribution >= 0.6 is 0 Å². The maximum Gasteiger partial charge on any atom is 0.240 e. The van der Waals surface area contributed by atoms with Crippen molar-refractivity contribution < 1.29 is 28.3 Å². The number of nitrogens with zero attached hydrogens (tertiary/aromatic N) is 1. The minimum atomic E-state index is -3.76. The van der Waals surface area contributed by atoms with Gasteiger partial charge in [-0.2, -0.15) is 5.06 Å². The SMILES string of the molecule is C[C@@H]1[C@@H](NC(=O)[C@@H]2[C@H]([C@H](C)O)[C@H](CO)ON2Cc2cccc(CNS(=O)(=O)c3ccc(-c4ccccc4)cc3)c2)C[C@H]2C[C@@H]1C2(C)C. The summed E-state index contributed by atoms with van der Waals surface area (Å²) in [5.41, 5.74) is 3.79. The molecule has 0 unspecified atom stereocenters. The molecule has 9 nitrogen and oxygen atoms in total. The quantitative estimate of drug-likeness (QED) is 0.239. The van der Waals surface area contributed by atoms with Gasteiger partial charge in [0.2, 0.25) is 15.9 Å². The van der Waals surface area contributed by atoms with Crippen LogP contribution in [0.2, 0.25) is 0 Å². The molecule has 0 spiro atoms. The van der Waals surface area contributed by atoms with Crippen LogP contribution in [0.5, 0.6) is 0 Å². The summed E-state index contributed by atoms with van der Waals surface area (Å²) in [4.78, 5) is 20.2. The summed E-state index contributed by atoms with van der Waals surface area (Å²) in [6, 6.07) is 23.3. The lowest BCUT2D eigenvalue weighted by atomic mass is 9.45. The van der Waals surface area contributed by atoms with E-state index in [1.807, 2.05) is 54.6 Å². The Kier molecular flexibility index (Phi) is 9.64. The van der Waals surface area contributed by atoms with Gasteiger partial charge < -0.3 is 15.5 Å². The van der Waals surface area contributed by atoms with E-state index >= 15 is 0 Å². The lowest BCUT2D eigenvalue weighted by Gasteiger charge is -2.62. The number of hydrogen-bond donors (Lipinski definition) is 4. The molecular weight excluding hydrogens is 614 g/mol. The number of aliphatic hydroxyl groups is 2. The molecule has 7 rings (SSSR count). The maximum atomic E-state index is 13.9. The predicted molar refractivity (Wildman–Crippen MR) is 180 cm³/mol. The highest BCUT2D eigenvalue weighted by Gasteiger charge is 2.57. The number of aliphatic hydroxyl groups excluding tert-OH is 2. The monoisotopic (exact) mass is 661 g/mol. The molecule has 4 fully saturated rings. The third-order valence-electron chi connectivity index (χ3n) is 11.1. The molecule has 252 valence electrons. The van der Waals surface area contributed by atoms with Gasteiger partial charge in [0.15, 0.2) is 0 Å². The lowest BCUT2D eigenvalue weighted by molar-refractivity contribution is -0.183. The zero-order valence-corrected chi connectivity index (χ0v) is 28.4. The van der Waals surface area contributed by atoms with Crippen molar-refractivity contribution >= 4 is 15.9 Å². The Labute approximate surface area is 278 Å². The highest BCUT2D eigenvalue weighted by atomic mass is 32.2. The summed E-state index contributed by atoms with van der Waals surface area (Å²) in [6.45, 7) is 8.46. The fourth-order valence-electron chi connectivity index (χ4n) is 8.22. The van der Waals surface area contributed by atoms with Gasteiger partial charge in [-0.15, -0.1) is 0 Å². The summed E-state index contributed by atoms with van der Waals surface area (Å²) in [5, 5.41) is 25.7. The average molecular weight is 662 g/mol. The molecule has 1 amide bonds. The molecule has 1 aliphatic heterocycles. The Morgan fingerprint density at radius 1 is 1.00 bits per heavy atom. The van der Waals surface area contributed by atoms with Crippen molar-refractivity contribution in [3.8, 4) is 11.1 Å². The first-order valence-corrected chi connectivity index (χ1v) is 18.1. The van der Waals surface area contributed by atoms with Crippen LogP contribution in [0.25, 0.3) is 11.1 Å². The molecule has 1 heterocycles. The van der Waals surface area contributed by atoms with Crippen LogP contribution in [0, 0.1) is 29.1 Å². The van der Waals surface area contributed by atoms with Crippen LogP contribution in [-0.4, -0.2) is 60.5 Å². The molecule has 3 saturated carbocycles. The average Bonchev–Trinajstić information content (AvgIpc) is 3.43. The topological polar surface area (TPSA) is 128 Å². The number of hydroxylamine groups is 2. The van der Waals surface area contributed by atoms with Gasteiger partial charge in [-0.25, -0.2) is 13.1 Å². The van der Waals surface area contributed by atoms with Crippen LogP contribution in [0.4, 0.5) is 0 Å². The standard InChI is InChI=1S/C37H47N3O6S/c1-23-31-18-29(37(31,3)4)19-32(23)39-36(43)35-34(24(2)42)33(22-41)46-40(35)21-26-10-8-9-25(17-26)20-38-47(44,45)30-15-13-28(14-16-30)27-11-6-5-7-12-27/h5-17,23-24,29,31-35,38,41-42H,18-22H2,1-4H3,(H,39,43)/t23-,24-,29+,31-,32-,33-,34+,35-/m0/s1. The van der Waals surface area contributed by atoms with E-state index in [9.17, 15) is 23.4 Å². The van der Waals surface area contributed by atoms with Crippen molar-refractivity contribution in [1.82, 2.24) is 15.1 Å². The number of hydrogen-bond acceptors (Lipinski definition) is 7. The summed E-state index contributed by atoms with van der Waals surface area (Å²) in [5.74, 6) is 0.666. The Morgan fingerprint density at radius 3 is 2.32 bits per heavy atom. The molecule has 4 aliphatic rings. The normalized spacial score (nSPS) is 29.2. The molecule has 8 atom stereocenters. The fourth-order valence-corrected chi connectivity index (χ4v) is 9.24. The van der Waals surface area contributed by atoms with Crippen LogP contribution in [0.3, 0.4) is 0 Å². The second kappa shape index (κ2) is 13.4. The van der Waals surface area contributed by atoms with E-state index in [1.165, 1.54) is 6.42 Å². The number of carbonyl (C=O) groups is 1. The van der Waals surface area contributed by atoms with Crippen LogP contribution in [0.15, 0.2) is 83.8 Å². The van der Waals surface area contributed by atoms with E-state index in [1.54, 1.807) is 36.3 Å². The molecular formula is C37H47N3O6S. The largest absolute Gasteiger partial charge is 0.394 e. The Morgan fingerprint density at radius 2 is 1.68 bits per heavy atom. The van der Waals surface area contributed by atoms with Gasteiger partial charge >= 0.3 is 0 Å². The molecule has 0 aromatic heterocycles. The highest BCUT2D eigenvalue weighted by Crippen LogP contribution is 2.61. The third-order valence-corrected chi connectivity index (χ3v) is 12.5. The summed E-state index contributed by atoms with van der Waals surface area (Å²) in [7, 11) is -3.76. The van der Waals surface area contributed by atoms with E-state index < -0.39 is 34.2 Å². The predicted octanol–water partition coefficient (Wildman–Crippen LogP) is 4.49. The Bertz CT molecular complexity index is 1660. The van der Waals surface area contributed by atoms with Gasteiger partial charge in [0.1, 0.15) is 12.1 Å². The molecule has 3 aromatic carbocycles. The second-order valence-electron chi connectivity index (χ2n) is 14.3. The van der Waals surface area contributed by atoms with Crippen molar-refractivity contribution in [2.45, 2.75) is 82.8 Å². The van der Waals surface area contributed by atoms with Gasteiger partial charge in [0, 0.05) is 18.5 Å².